The zero-order chi connectivity index (χ0) is 26.2. The van der Waals surface area contributed by atoms with Gasteiger partial charge in [-0.25, -0.2) is 4.79 Å². The third kappa shape index (κ3) is 4.88. The molecule has 1 atom stereocenters. The van der Waals surface area contributed by atoms with E-state index in [-0.39, 0.29) is 35.0 Å². The number of aryl methyl sites for hydroxylation is 1. The molecule has 0 saturated carbocycles. The quantitative estimate of drug-likeness (QED) is 0.550. The molecule has 1 unspecified atom stereocenters. The first-order valence-corrected chi connectivity index (χ1v) is 13.3. The number of methoxy groups -OCH3 is 1. The smallest absolute Gasteiger partial charge is 0.409 e. The van der Waals surface area contributed by atoms with Gasteiger partial charge in [-0.3, -0.25) is 9.59 Å². The molecule has 1 saturated heterocycles. The standard InChI is InChI=1S/C25H30ClN3O6S/c1-13-10-19(36-5)17(23(31)28-13)12-27-22(30)16-11-18(26)21-20(14(16)2)34-25(3,35-21)15-6-8-29(9-7-15)24(32)33-4/h10-11,15H,6-9,12H2,1-5H3,(H,27,30)(H,28,31). The summed E-state index contributed by atoms with van der Waals surface area (Å²) in [6.07, 6.45) is 2.89. The number of benzene rings is 1. The summed E-state index contributed by atoms with van der Waals surface area (Å²) < 4.78 is 17.3. The summed E-state index contributed by atoms with van der Waals surface area (Å²) in [7, 11) is 1.37. The maximum Gasteiger partial charge on any atom is 0.409 e. The summed E-state index contributed by atoms with van der Waals surface area (Å²) in [5.74, 6) is -0.493. The minimum absolute atomic E-state index is 0.0109. The average molecular weight is 536 g/mol. The molecule has 2 aliphatic rings. The number of H-pyrrole nitrogens is 1. The van der Waals surface area contributed by atoms with Gasteiger partial charge >= 0.3 is 6.09 Å². The van der Waals surface area contributed by atoms with E-state index >= 15 is 0 Å². The molecule has 2 aliphatic heterocycles. The van der Waals surface area contributed by atoms with Gasteiger partial charge in [0.05, 0.1) is 12.1 Å². The van der Waals surface area contributed by atoms with Gasteiger partial charge in [0.15, 0.2) is 11.5 Å². The molecule has 0 bridgehead atoms. The lowest BCUT2D eigenvalue weighted by Gasteiger charge is -2.38. The molecule has 2 amide bonds. The molecule has 194 valence electrons. The van der Waals surface area contributed by atoms with Crippen LogP contribution in [0.5, 0.6) is 11.5 Å². The van der Waals surface area contributed by atoms with Crippen molar-refractivity contribution in [1.29, 1.82) is 0 Å². The number of amides is 2. The van der Waals surface area contributed by atoms with Crippen LogP contribution in [0.2, 0.25) is 5.02 Å². The number of ether oxygens (including phenoxy) is 3. The maximum atomic E-state index is 13.1. The molecule has 2 N–H and O–H groups in total. The summed E-state index contributed by atoms with van der Waals surface area (Å²) >= 11 is 7.99. The van der Waals surface area contributed by atoms with Crippen molar-refractivity contribution < 1.29 is 23.8 Å². The number of fused-ring (bicyclic) bond motifs is 1. The van der Waals surface area contributed by atoms with E-state index in [4.69, 9.17) is 25.8 Å². The molecule has 1 aromatic heterocycles. The molecule has 4 rings (SSSR count). The Hall–Kier alpha value is -2.85. The Morgan fingerprint density at radius 2 is 1.92 bits per heavy atom. The molecule has 1 aromatic carbocycles. The number of aromatic nitrogens is 1. The zero-order valence-electron chi connectivity index (χ0n) is 21.0. The first-order chi connectivity index (χ1) is 17.1. The number of thioether (sulfide) groups is 1. The first-order valence-electron chi connectivity index (χ1n) is 11.7. The largest absolute Gasteiger partial charge is 0.453 e. The molecule has 1 fully saturated rings. The maximum absolute atomic E-state index is 13.1. The number of nitrogens with zero attached hydrogens (tertiary/aromatic N) is 1. The topological polar surface area (TPSA) is 110 Å². The molecule has 0 radical (unpaired) electrons. The number of rotatable bonds is 5. The molecule has 0 spiro atoms. The average Bonchev–Trinajstić information content (AvgIpc) is 3.24. The number of pyridine rings is 1. The van der Waals surface area contributed by atoms with Gasteiger partial charge in [0, 0.05) is 59.8 Å². The van der Waals surface area contributed by atoms with Crippen LogP contribution >= 0.6 is 23.4 Å². The van der Waals surface area contributed by atoms with Gasteiger partial charge in [-0.05, 0) is 45.1 Å². The van der Waals surface area contributed by atoms with Crippen LogP contribution in [0.15, 0.2) is 21.8 Å². The summed E-state index contributed by atoms with van der Waals surface area (Å²) in [4.78, 5) is 42.6. The number of likely N-dealkylation sites (tertiary alicyclic amines) is 1. The molecular weight excluding hydrogens is 506 g/mol. The van der Waals surface area contributed by atoms with Crippen molar-refractivity contribution in [2.45, 2.75) is 50.8 Å². The van der Waals surface area contributed by atoms with Crippen LogP contribution in [-0.4, -0.2) is 54.1 Å². The van der Waals surface area contributed by atoms with Crippen LogP contribution in [0.25, 0.3) is 0 Å². The Bertz CT molecular complexity index is 1260. The Morgan fingerprint density at radius 1 is 1.25 bits per heavy atom. The highest BCUT2D eigenvalue weighted by atomic mass is 35.5. The van der Waals surface area contributed by atoms with Gasteiger partial charge in [-0.15, -0.1) is 11.8 Å². The minimum Gasteiger partial charge on any atom is -0.453 e. The molecule has 0 aliphatic carbocycles. The fourth-order valence-electron chi connectivity index (χ4n) is 4.76. The van der Waals surface area contributed by atoms with Crippen LogP contribution in [0.1, 0.15) is 46.9 Å². The number of carbonyl (C=O) groups is 2. The van der Waals surface area contributed by atoms with Gasteiger partial charge in [-0.1, -0.05) is 11.6 Å². The molecule has 11 heteroatoms. The Kier molecular flexibility index (Phi) is 7.47. The Balaban J connectivity index is 1.51. The second kappa shape index (κ2) is 10.3. The normalized spacial score (nSPS) is 19.3. The highest BCUT2D eigenvalue weighted by Crippen LogP contribution is 2.51. The molecule has 36 heavy (non-hydrogen) atoms. The third-order valence-electron chi connectivity index (χ3n) is 6.84. The number of halogens is 1. The van der Waals surface area contributed by atoms with Gasteiger partial charge in [-0.2, -0.15) is 0 Å². The van der Waals surface area contributed by atoms with E-state index in [2.05, 4.69) is 10.3 Å². The second-order valence-electron chi connectivity index (χ2n) is 9.15. The fraction of sp³-hybridized carbons (Fsp3) is 0.480. The lowest BCUT2D eigenvalue weighted by atomic mass is 9.89. The van der Waals surface area contributed by atoms with Crippen molar-refractivity contribution in [3.05, 3.63) is 49.9 Å². The van der Waals surface area contributed by atoms with Gasteiger partial charge in [0.1, 0.15) is 0 Å². The highest BCUT2D eigenvalue weighted by Gasteiger charge is 2.47. The number of hydrogen-bond acceptors (Lipinski definition) is 7. The summed E-state index contributed by atoms with van der Waals surface area (Å²) in [5.41, 5.74) is 1.98. The van der Waals surface area contributed by atoms with Crippen molar-refractivity contribution in [3.8, 4) is 11.5 Å². The Morgan fingerprint density at radius 3 is 2.56 bits per heavy atom. The number of hydrogen-bond donors (Lipinski definition) is 2. The van der Waals surface area contributed by atoms with Crippen molar-refractivity contribution in [1.82, 2.24) is 15.2 Å². The SMILES string of the molecule is COC(=O)N1CCC(C2(C)Oc3c(Cl)cc(C(=O)NCc4c(SC)cc(C)[nH]c4=O)c(C)c3O2)CC1. The number of piperidine rings is 1. The predicted octanol–water partition coefficient (Wildman–Crippen LogP) is 4.26. The van der Waals surface area contributed by atoms with Crippen molar-refractivity contribution >= 4 is 35.4 Å². The van der Waals surface area contributed by atoms with E-state index < -0.39 is 5.79 Å². The van der Waals surface area contributed by atoms with Crippen LogP contribution in [-0.2, 0) is 11.3 Å². The van der Waals surface area contributed by atoms with E-state index in [0.717, 1.165) is 10.6 Å². The van der Waals surface area contributed by atoms with Crippen LogP contribution in [0, 0.1) is 19.8 Å². The Labute approximate surface area is 218 Å². The molecule has 2 aromatic rings. The summed E-state index contributed by atoms with van der Waals surface area (Å²) in [6.45, 7) is 6.60. The van der Waals surface area contributed by atoms with Crippen LogP contribution in [0.3, 0.4) is 0 Å². The monoisotopic (exact) mass is 535 g/mol. The number of nitrogens with one attached hydrogen (secondary N) is 2. The number of carbonyl (C=O) groups excluding carboxylic acids is 2. The molecule has 9 nitrogen and oxygen atoms in total. The predicted molar refractivity (Wildman–Crippen MR) is 137 cm³/mol. The summed E-state index contributed by atoms with van der Waals surface area (Å²) in [6, 6.07) is 3.45. The van der Waals surface area contributed by atoms with Crippen molar-refractivity contribution in [2.24, 2.45) is 5.92 Å². The lowest BCUT2D eigenvalue weighted by Crippen LogP contribution is -2.49. The summed E-state index contributed by atoms with van der Waals surface area (Å²) in [5, 5.41) is 3.11. The van der Waals surface area contributed by atoms with Crippen molar-refractivity contribution in [3.63, 3.8) is 0 Å². The van der Waals surface area contributed by atoms with Crippen LogP contribution < -0.4 is 20.3 Å². The zero-order valence-corrected chi connectivity index (χ0v) is 22.5. The lowest BCUT2D eigenvalue weighted by molar-refractivity contribution is -0.123. The van der Waals surface area contributed by atoms with E-state index in [1.54, 1.807) is 17.9 Å². The third-order valence-corrected chi connectivity index (χ3v) is 7.92. The second-order valence-corrected chi connectivity index (χ2v) is 10.4. The molecular formula is C25H30ClN3O6S. The van der Waals surface area contributed by atoms with E-state index in [9.17, 15) is 14.4 Å². The first kappa shape index (κ1) is 26.2. The van der Waals surface area contributed by atoms with E-state index in [0.29, 0.717) is 54.1 Å². The van der Waals surface area contributed by atoms with Gasteiger partial charge in [0.25, 0.3) is 17.3 Å². The highest BCUT2D eigenvalue weighted by molar-refractivity contribution is 7.98. The van der Waals surface area contributed by atoms with Gasteiger partial charge in [0.2, 0.25) is 0 Å². The minimum atomic E-state index is -0.976. The van der Waals surface area contributed by atoms with Crippen molar-refractivity contribution in [2.75, 3.05) is 26.5 Å². The number of aromatic amines is 1. The van der Waals surface area contributed by atoms with E-state index in [1.807, 2.05) is 26.2 Å². The van der Waals surface area contributed by atoms with E-state index in [1.165, 1.54) is 18.9 Å². The molecule has 3 heterocycles. The fourth-order valence-corrected chi connectivity index (χ4v) is 5.70. The van der Waals surface area contributed by atoms with Gasteiger partial charge < -0.3 is 29.4 Å². The van der Waals surface area contributed by atoms with Crippen LogP contribution in [0.4, 0.5) is 4.79 Å².